The van der Waals surface area contributed by atoms with E-state index in [1.807, 2.05) is 0 Å². The zero-order valence-electron chi connectivity index (χ0n) is 18.0. The molecule has 3 aromatic carbocycles. The molecule has 0 heterocycles. The first-order chi connectivity index (χ1) is 16.0. The Morgan fingerprint density at radius 2 is 1.64 bits per heavy atom. The van der Waals surface area contributed by atoms with Crippen molar-refractivity contribution >= 4 is 35.7 Å². The van der Waals surface area contributed by atoms with Crippen LogP contribution >= 0.6 is 11.6 Å². The smallest absolute Gasteiger partial charge is 0.287 e. The van der Waals surface area contributed by atoms with Crippen LogP contribution in [0.1, 0.15) is 21.5 Å². The van der Waals surface area contributed by atoms with Crippen molar-refractivity contribution in [2.45, 2.75) is 0 Å². The Morgan fingerprint density at radius 1 is 0.879 bits per heavy atom. The molecule has 0 bridgehead atoms. The van der Waals surface area contributed by atoms with Gasteiger partial charge < -0.3 is 14.8 Å². The van der Waals surface area contributed by atoms with Crippen molar-refractivity contribution in [1.29, 1.82) is 0 Å². The summed E-state index contributed by atoms with van der Waals surface area (Å²) in [5.74, 6) is -0.0110. The van der Waals surface area contributed by atoms with Gasteiger partial charge in [0.2, 0.25) is 0 Å². The number of methoxy groups -OCH3 is 2. The van der Waals surface area contributed by atoms with Gasteiger partial charge in [-0.15, -0.1) is 0 Å². The van der Waals surface area contributed by atoms with Gasteiger partial charge in [-0.2, -0.15) is 5.10 Å². The van der Waals surface area contributed by atoms with E-state index in [1.165, 1.54) is 26.5 Å². The molecule has 0 aliphatic carbocycles. The quantitative estimate of drug-likeness (QED) is 0.296. The summed E-state index contributed by atoms with van der Waals surface area (Å²) >= 11 is 5.96. The normalized spacial score (nSPS) is 11.2. The van der Waals surface area contributed by atoms with E-state index in [4.69, 9.17) is 21.1 Å². The van der Waals surface area contributed by atoms with E-state index in [0.717, 1.165) is 0 Å². The van der Waals surface area contributed by atoms with Gasteiger partial charge in [-0.05, 0) is 53.6 Å². The fourth-order valence-corrected chi connectivity index (χ4v) is 3.06. The Hall–Kier alpha value is -4.10. The van der Waals surface area contributed by atoms with Gasteiger partial charge >= 0.3 is 0 Å². The summed E-state index contributed by atoms with van der Waals surface area (Å²) < 4.78 is 10.6. The number of halogens is 1. The molecular formula is C25H22ClN3O4. The number of ether oxygens (including phenoxy) is 2. The zero-order chi connectivity index (χ0) is 23.6. The van der Waals surface area contributed by atoms with E-state index < -0.39 is 11.8 Å². The van der Waals surface area contributed by atoms with Gasteiger partial charge in [0.1, 0.15) is 5.70 Å². The molecule has 3 rings (SSSR count). The van der Waals surface area contributed by atoms with Gasteiger partial charge in [0.25, 0.3) is 11.8 Å². The van der Waals surface area contributed by atoms with Crippen LogP contribution in [0.2, 0.25) is 5.02 Å². The number of hydrogen-bond donors (Lipinski definition) is 2. The van der Waals surface area contributed by atoms with Gasteiger partial charge in [0, 0.05) is 10.6 Å². The minimum atomic E-state index is -0.604. The van der Waals surface area contributed by atoms with Crippen LogP contribution < -0.4 is 20.2 Å². The van der Waals surface area contributed by atoms with Crippen molar-refractivity contribution in [3.05, 3.63) is 100 Å². The summed E-state index contributed by atoms with van der Waals surface area (Å²) in [6.07, 6.45) is 2.98. The predicted molar refractivity (Wildman–Crippen MR) is 129 cm³/mol. The van der Waals surface area contributed by atoms with E-state index >= 15 is 0 Å². The minimum Gasteiger partial charge on any atom is -0.493 e. The summed E-state index contributed by atoms with van der Waals surface area (Å²) in [4.78, 5) is 25.5. The number of benzene rings is 3. The van der Waals surface area contributed by atoms with Crippen LogP contribution in [-0.4, -0.2) is 32.2 Å². The minimum absolute atomic E-state index is 0.000632. The monoisotopic (exact) mass is 463 g/mol. The summed E-state index contributed by atoms with van der Waals surface area (Å²) in [7, 11) is 3.05. The third-order valence-electron chi connectivity index (χ3n) is 4.48. The van der Waals surface area contributed by atoms with Crippen molar-refractivity contribution in [2.75, 3.05) is 14.2 Å². The molecule has 168 valence electrons. The maximum Gasteiger partial charge on any atom is 0.287 e. The Labute approximate surface area is 196 Å². The van der Waals surface area contributed by atoms with Crippen LogP contribution in [0.5, 0.6) is 11.5 Å². The molecule has 33 heavy (non-hydrogen) atoms. The second kappa shape index (κ2) is 11.5. The lowest BCUT2D eigenvalue weighted by molar-refractivity contribution is -0.117. The van der Waals surface area contributed by atoms with Gasteiger partial charge in [0.05, 0.1) is 20.4 Å². The van der Waals surface area contributed by atoms with Crippen molar-refractivity contribution < 1.29 is 19.1 Å². The molecule has 0 radical (unpaired) electrons. The van der Waals surface area contributed by atoms with Crippen LogP contribution in [0.15, 0.2) is 83.6 Å². The van der Waals surface area contributed by atoms with Crippen LogP contribution in [-0.2, 0) is 4.79 Å². The molecule has 0 unspecified atom stereocenters. The van der Waals surface area contributed by atoms with Crippen LogP contribution in [0.4, 0.5) is 0 Å². The Kier molecular flexibility index (Phi) is 8.21. The van der Waals surface area contributed by atoms with Crippen molar-refractivity contribution in [2.24, 2.45) is 5.10 Å². The average Bonchev–Trinajstić information content (AvgIpc) is 2.84. The lowest BCUT2D eigenvalue weighted by Crippen LogP contribution is -2.32. The van der Waals surface area contributed by atoms with E-state index in [2.05, 4.69) is 15.8 Å². The van der Waals surface area contributed by atoms with Crippen molar-refractivity contribution in [1.82, 2.24) is 10.7 Å². The Bertz CT molecular complexity index is 1190. The molecule has 0 saturated heterocycles. The third kappa shape index (κ3) is 6.69. The molecule has 8 heteroatoms. The van der Waals surface area contributed by atoms with E-state index in [0.29, 0.717) is 33.2 Å². The first-order valence-electron chi connectivity index (χ1n) is 9.89. The third-order valence-corrected chi connectivity index (χ3v) is 4.71. The average molecular weight is 464 g/mol. The molecule has 0 atom stereocenters. The highest BCUT2D eigenvalue weighted by atomic mass is 35.5. The highest BCUT2D eigenvalue weighted by Crippen LogP contribution is 2.28. The number of carbonyl (C=O) groups is 2. The molecular weight excluding hydrogens is 442 g/mol. The number of nitrogens with zero attached hydrogens (tertiary/aromatic N) is 1. The molecule has 0 aliphatic heterocycles. The second-order valence-corrected chi connectivity index (χ2v) is 7.18. The summed E-state index contributed by atoms with van der Waals surface area (Å²) in [5, 5.41) is 7.17. The zero-order valence-corrected chi connectivity index (χ0v) is 18.8. The molecule has 2 N–H and O–H groups in total. The molecule has 0 aliphatic rings. The maximum absolute atomic E-state index is 12.9. The molecule has 3 aromatic rings. The fourth-order valence-electron chi connectivity index (χ4n) is 2.86. The Balaban J connectivity index is 1.86. The highest BCUT2D eigenvalue weighted by molar-refractivity contribution is 6.30. The summed E-state index contributed by atoms with van der Waals surface area (Å²) in [5.41, 5.74) is 4.16. The number of rotatable bonds is 8. The lowest BCUT2D eigenvalue weighted by Gasteiger charge is -2.11. The number of carbonyl (C=O) groups excluding carboxylic acids is 2. The van der Waals surface area contributed by atoms with Crippen molar-refractivity contribution in [3.8, 4) is 11.5 Å². The number of nitrogens with one attached hydrogen (secondary N) is 2. The number of hydrogen-bond acceptors (Lipinski definition) is 5. The van der Waals surface area contributed by atoms with E-state index in [1.54, 1.807) is 72.8 Å². The summed E-state index contributed by atoms with van der Waals surface area (Å²) in [6.45, 7) is 0. The maximum atomic E-state index is 12.9. The van der Waals surface area contributed by atoms with Gasteiger partial charge in [-0.1, -0.05) is 48.0 Å². The molecule has 0 fully saturated rings. The fraction of sp³-hybridized carbons (Fsp3) is 0.0800. The van der Waals surface area contributed by atoms with Gasteiger partial charge in [-0.3, -0.25) is 9.59 Å². The largest absolute Gasteiger partial charge is 0.493 e. The molecule has 0 spiro atoms. The summed E-state index contributed by atoms with van der Waals surface area (Å²) in [6, 6.07) is 20.7. The number of amides is 2. The Morgan fingerprint density at radius 3 is 2.33 bits per heavy atom. The van der Waals surface area contributed by atoms with Crippen LogP contribution in [0.3, 0.4) is 0 Å². The van der Waals surface area contributed by atoms with Crippen molar-refractivity contribution in [3.63, 3.8) is 0 Å². The van der Waals surface area contributed by atoms with Gasteiger partial charge in [0.15, 0.2) is 11.5 Å². The van der Waals surface area contributed by atoms with Crippen LogP contribution in [0, 0.1) is 0 Å². The van der Waals surface area contributed by atoms with E-state index in [9.17, 15) is 9.59 Å². The van der Waals surface area contributed by atoms with Crippen LogP contribution in [0.25, 0.3) is 6.08 Å². The molecule has 0 aromatic heterocycles. The van der Waals surface area contributed by atoms with Gasteiger partial charge in [-0.25, -0.2) is 5.43 Å². The predicted octanol–water partition coefficient (Wildman–Crippen LogP) is 4.28. The number of hydrazone groups is 1. The topological polar surface area (TPSA) is 89.0 Å². The highest BCUT2D eigenvalue weighted by Gasteiger charge is 2.15. The SMILES string of the molecule is COc1ccc(/C=C(/NC(=O)c2ccccc2)C(=O)N/N=C/c2cccc(Cl)c2)cc1OC. The first-order valence-corrected chi connectivity index (χ1v) is 10.3. The second-order valence-electron chi connectivity index (χ2n) is 6.75. The lowest BCUT2D eigenvalue weighted by atomic mass is 10.1. The molecule has 0 saturated carbocycles. The van der Waals surface area contributed by atoms with E-state index in [-0.39, 0.29) is 5.70 Å². The molecule has 7 nitrogen and oxygen atoms in total. The standard InChI is InChI=1S/C25H22ClN3O4/c1-32-22-12-11-17(15-23(22)33-2)14-21(28-24(30)19-8-4-3-5-9-19)25(31)29-27-16-18-7-6-10-20(26)13-18/h3-16H,1-2H3,(H,28,30)(H,29,31)/b21-14+,27-16+. The molecule has 2 amide bonds. The first kappa shape index (κ1) is 23.6.